The van der Waals surface area contributed by atoms with Crippen LogP contribution in [0, 0.1) is 5.41 Å². The lowest BCUT2D eigenvalue weighted by Crippen LogP contribution is -2.48. The molecule has 1 N–H and O–H groups in total. The monoisotopic (exact) mass is 226 g/mol. The Morgan fingerprint density at radius 3 is 2.56 bits per heavy atom. The molecule has 0 aromatic carbocycles. The van der Waals surface area contributed by atoms with E-state index in [9.17, 15) is 0 Å². The number of piperidine rings is 1. The molecule has 2 atom stereocenters. The van der Waals surface area contributed by atoms with Crippen LogP contribution in [0.5, 0.6) is 0 Å². The van der Waals surface area contributed by atoms with Gasteiger partial charge in [0.05, 0.1) is 0 Å². The highest BCUT2D eigenvalue weighted by atomic mass is 15.2. The first-order chi connectivity index (χ1) is 7.40. The van der Waals surface area contributed by atoms with Crippen molar-refractivity contribution in [3.05, 3.63) is 0 Å². The van der Waals surface area contributed by atoms with E-state index in [-0.39, 0.29) is 0 Å². The first kappa shape index (κ1) is 14.0. The van der Waals surface area contributed by atoms with Gasteiger partial charge in [0.2, 0.25) is 0 Å². The standard InChI is InChI=1S/C14H30N2/c1-12-8-6-7-9-16(12)13(2)10-15-11-14(3,4)5/h12-13,15H,6-11H2,1-5H3. The molecule has 0 aromatic heterocycles. The van der Waals surface area contributed by atoms with Gasteiger partial charge in [0, 0.05) is 25.2 Å². The molecule has 0 aliphatic carbocycles. The van der Waals surface area contributed by atoms with Crippen molar-refractivity contribution in [3.8, 4) is 0 Å². The predicted octanol–water partition coefficient (Wildman–Crippen LogP) is 2.89. The predicted molar refractivity (Wildman–Crippen MR) is 71.8 cm³/mol. The molecule has 1 aliphatic heterocycles. The number of likely N-dealkylation sites (tertiary alicyclic amines) is 1. The summed E-state index contributed by atoms with van der Waals surface area (Å²) in [5, 5.41) is 3.60. The Morgan fingerprint density at radius 2 is 2.00 bits per heavy atom. The molecule has 1 heterocycles. The highest BCUT2D eigenvalue weighted by Gasteiger charge is 2.22. The lowest BCUT2D eigenvalue weighted by molar-refractivity contribution is 0.111. The summed E-state index contributed by atoms with van der Waals surface area (Å²) < 4.78 is 0. The first-order valence-corrected chi connectivity index (χ1v) is 6.86. The molecule has 0 bridgehead atoms. The number of rotatable bonds is 4. The zero-order chi connectivity index (χ0) is 12.2. The molecule has 2 unspecified atom stereocenters. The fourth-order valence-corrected chi connectivity index (χ4v) is 2.55. The van der Waals surface area contributed by atoms with Gasteiger partial charge in [-0.25, -0.2) is 0 Å². The molecule has 1 saturated heterocycles. The first-order valence-electron chi connectivity index (χ1n) is 6.86. The zero-order valence-corrected chi connectivity index (χ0v) is 11.8. The molecule has 0 saturated carbocycles. The van der Waals surface area contributed by atoms with E-state index in [2.05, 4.69) is 44.8 Å². The third-order valence-corrected chi connectivity index (χ3v) is 3.52. The van der Waals surface area contributed by atoms with Crippen molar-refractivity contribution in [3.63, 3.8) is 0 Å². The van der Waals surface area contributed by atoms with E-state index in [1.54, 1.807) is 0 Å². The summed E-state index contributed by atoms with van der Waals surface area (Å²) in [7, 11) is 0. The van der Waals surface area contributed by atoms with Crippen molar-refractivity contribution < 1.29 is 0 Å². The number of nitrogens with zero attached hydrogens (tertiary/aromatic N) is 1. The molecule has 0 aromatic rings. The normalized spacial score (nSPS) is 25.7. The maximum Gasteiger partial charge on any atom is 0.0195 e. The second kappa shape index (κ2) is 6.02. The minimum absolute atomic E-state index is 0.396. The average molecular weight is 226 g/mol. The molecule has 0 spiro atoms. The Morgan fingerprint density at radius 1 is 1.31 bits per heavy atom. The second-order valence-corrected chi connectivity index (χ2v) is 6.62. The van der Waals surface area contributed by atoms with Crippen molar-refractivity contribution in [1.82, 2.24) is 10.2 Å². The van der Waals surface area contributed by atoms with Gasteiger partial charge < -0.3 is 5.32 Å². The third-order valence-electron chi connectivity index (χ3n) is 3.52. The molecule has 2 heteroatoms. The van der Waals surface area contributed by atoms with E-state index < -0.39 is 0 Å². The topological polar surface area (TPSA) is 15.3 Å². The molecular weight excluding hydrogens is 196 g/mol. The summed E-state index contributed by atoms with van der Waals surface area (Å²) in [6.07, 6.45) is 4.18. The smallest absolute Gasteiger partial charge is 0.0195 e. The highest BCUT2D eigenvalue weighted by molar-refractivity contribution is 4.79. The van der Waals surface area contributed by atoms with Crippen molar-refractivity contribution >= 4 is 0 Å². The van der Waals surface area contributed by atoms with E-state index in [4.69, 9.17) is 0 Å². The molecule has 0 radical (unpaired) electrons. The Hall–Kier alpha value is -0.0800. The maximum absolute atomic E-state index is 3.60. The summed E-state index contributed by atoms with van der Waals surface area (Å²) in [6.45, 7) is 15.1. The average Bonchev–Trinajstić information content (AvgIpc) is 2.16. The summed E-state index contributed by atoms with van der Waals surface area (Å²) >= 11 is 0. The maximum atomic E-state index is 3.60. The van der Waals surface area contributed by atoms with E-state index in [1.165, 1.54) is 25.8 Å². The number of hydrogen-bond donors (Lipinski definition) is 1. The second-order valence-electron chi connectivity index (χ2n) is 6.62. The summed E-state index contributed by atoms with van der Waals surface area (Å²) in [4.78, 5) is 2.67. The largest absolute Gasteiger partial charge is 0.315 e. The van der Waals surface area contributed by atoms with Crippen LogP contribution >= 0.6 is 0 Å². The van der Waals surface area contributed by atoms with Crippen LogP contribution in [-0.2, 0) is 0 Å². The van der Waals surface area contributed by atoms with E-state index in [0.717, 1.165) is 19.1 Å². The van der Waals surface area contributed by atoms with Gasteiger partial charge in [0.15, 0.2) is 0 Å². The molecule has 96 valence electrons. The highest BCUT2D eigenvalue weighted by Crippen LogP contribution is 2.19. The van der Waals surface area contributed by atoms with Crippen LogP contribution in [0.3, 0.4) is 0 Å². The van der Waals surface area contributed by atoms with Crippen molar-refractivity contribution in [1.29, 1.82) is 0 Å². The van der Waals surface area contributed by atoms with Gasteiger partial charge in [-0.05, 0) is 38.6 Å². The van der Waals surface area contributed by atoms with Crippen molar-refractivity contribution in [2.45, 2.75) is 66.0 Å². The Balaban J connectivity index is 2.25. The van der Waals surface area contributed by atoms with Crippen LogP contribution in [0.2, 0.25) is 0 Å². The van der Waals surface area contributed by atoms with Gasteiger partial charge in [-0.15, -0.1) is 0 Å². The Kier molecular flexibility index (Phi) is 5.26. The minimum Gasteiger partial charge on any atom is -0.315 e. The van der Waals surface area contributed by atoms with Crippen molar-refractivity contribution in [2.24, 2.45) is 5.41 Å². The zero-order valence-electron chi connectivity index (χ0n) is 11.8. The Labute approximate surface area is 102 Å². The van der Waals surface area contributed by atoms with E-state index in [1.807, 2.05) is 0 Å². The minimum atomic E-state index is 0.396. The van der Waals surface area contributed by atoms with Gasteiger partial charge in [-0.2, -0.15) is 0 Å². The lowest BCUT2D eigenvalue weighted by Gasteiger charge is -2.38. The van der Waals surface area contributed by atoms with Crippen molar-refractivity contribution in [2.75, 3.05) is 19.6 Å². The summed E-state index contributed by atoms with van der Waals surface area (Å²) in [5.41, 5.74) is 0.396. The molecule has 2 nitrogen and oxygen atoms in total. The van der Waals surface area contributed by atoms with Crippen LogP contribution in [0.1, 0.15) is 53.9 Å². The number of nitrogens with one attached hydrogen (secondary N) is 1. The molecule has 1 aliphatic rings. The molecule has 16 heavy (non-hydrogen) atoms. The van der Waals surface area contributed by atoms with Crippen LogP contribution < -0.4 is 5.32 Å². The molecular formula is C14H30N2. The quantitative estimate of drug-likeness (QED) is 0.793. The summed E-state index contributed by atoms with van der Waals surface area (Å²) in [6, 6.07) is 1.46. The van der Waals surface area contributed by atoms with Gasteiger partial charge in [0.1, 0.15) is 0 Å². The van der Waals surface area contributed by atoms with Gasteiger partial charge >= 0.3 is 0 Å². The van der Waals surface area contributed by atoms with Gasteiger partial charge in [-0.1, -0.05) is 27.2 Å². The Bertz CT molecular complexity index is 195. The molecule has 1 rings (SSSR count). The summed E-state index contributed by atoms with van der Waals surface area (Å²) in [5.74, 6) is 0. The van der Waals surface area contributed by atoms with Crippen LogP contribution in [0.15, 0.2) is 0 Å². The molecule has 0 amide bonds. The third kappa shape index (κ3) is 4.84. The van der Waals surface area contributed by atoms with E-state index in [0.29, 0.717) is 11.5 Å². The van der Waals surface area contributed by atoms with Gasteiger partial charge in [0.25, 0.3) is 0 Å². The lowest BCUT2D eigenvalue weighted by atomic mass is 9.97. The van der Waals surface area contributed by atoms with E-state index >= 15 is 0 Å². The van der Waals surface area contributed by atoms with Crippen LogP contribution in [-0.4, -0.2) is 36.6 Å². The van der Waals surface area contributed by atoms with Crippen LogP contribution in [0.25, 0.3) is 0 Å². The fourth-order valence-electron chi connectivity index (χ4n) is 2.55. The fraction of sp³-hybridized carbons (Fsp3) is 1.00. The SMILES string of the molecule is CC1CCCCN1C(C)CNCC(C)(C)C. The van der Waals surface area contributed by atoms with Crippen LogP contribution in [0.4, 0.5) is 0 Å². The van der Waals surface area contributed by atoms with Gasteiger partial charge in [-0.3, -0.25) is 4.90 Å². The molecule has 1 fully saturated rings. The number of hydrogen-bond acceptors (Lipinski definition) is 2.